The zero-order valence-corrected chi connectivity index (χ0v) is 12.9. The monoisotopic (exact) mass is 265 g/mol. The molecule has 1 heterocycles. The minimum atomic E-state index is 0.380. The van der Waals surface area contributed by atoms with Gasteiger partial charge in [0, 0.05) is 9.75 Å². The molecule has 0 atom stereocenters. The van der Waals surface area contributed by atoms with Crippen molar-refractivity contribution in [2.75, 3.05) is 6.54 Å². The van der Waals surface area contributed by atoms with Crippen LogP contribution in [0.5, 0.6) is 0 Å². The molecule has 1 aliphatic rings. The summed E-state index contributed by atoms with van der Waals surface area (Å²) in [5.74, 6) is 0. The number of thiophene rings is 1. The van der Waals surface area contributed by atoms with Crippen LogP contribution in [0.25, 0.3) is 0 Å². The maximum atomic E-state index is 6.12. The van der Waals surface area contributed by atoms with Gasteiger partial charge in [-0.25, -0.2) is 0 Å². The first-order valence-electron chi connectivity index (χ1n) is 7.26. The summed E-state index contributed by atoms with van der Waals surface area (Å²) >= 11 is 1.98. The summed E-state index contributed by atoms with van der Waals surface area (Å²) in [5, 5.41) is 0. The van der Waals surface area contributed by atoms with Crippen molar-refractivity contribution in [1.29, 1.82) is 0 Å². The van der Waals surface area contributed by atoms with E-state index in [1.165, 1.54) is 41.9 Å². The van der Waals surface area contributed by atoms with Gasteiger partial charge in [-0.3, -0.25) is 0 Å². The lowest BCUT2D eigenvalue weighted by molar-refractivity contribution is 0.108. The normalized spacial score (nSPS) is 22.0. The molecule has 18 heavy (non-hydrogen) atoms. The van der Waals surface area contributed by atoms with Crippen molar-refractivity contribution in [3.8, 4) is 0 Å². The van der Waals surface area contributed by atoms with Crippen LogP contribution < -0.4 is 5.73 Å². The van der Waals surface area contributed by atoms with Crippen molar-refractivity contribution in [3.63, 3.8) is 0 Å². The van der Waals surface area contributed by atoms with Gasteiger partial charge in [-0.05, 0) is 68.0 Å². The van der Waals surface area contributed by atoms with E-state index in [-0.39, 0.29) is 0 Å². The van der Waals surface area contributed by atoms with Gasteiger partial charge in [-0.1, -0.05) is 20.8 Å². The van der Waals surface area contributed by atoms with E-state index in [1.54, 1.807) is 0 Å². The van der Waals surface area contributed by atoms with Gasteiger partial charge in [-0.15, -0.1) is 11.3 Å². The van der Waals surface area contributed by atoms with E-state index in [9.17, 15) is 0 Å². The minimum Gasteiger partial charge on any atom is -0.330 e. The lowest BCUT2D eigenvalue weighted by Crippen LogP contribution is -2.38. The van der Waals surface area contributed by atoms with E-state index in [0.717, 1.165) is 13.0 Å². The van der Waals surface area contributed by atoms with Gasteiger partial charge >= 0.3 is 0 Å². The highest BCUT2D eigenvalue weighted by Crippen LogP contribution is 2.46. The molecular weight excluding hydrogens is 238 g/mol. The van der Waals surface area contributed by atoms with Crippen LogP contribution in [-0.4, -0.2) is 6.54 Å². The maximum Gasteiger partial charge on any atom is 0.00541 e. The van der Waals surface area contributed by atoms with Crippen LogP contribution in [-0.2, 0) is 12.8 Å². The molecule has 0 aromatic carbocycles. The number of rotatable bonds is 4. The van der Waals surface area contributed by atoms with Crippen LogP contribution in [0.4, 0.5) is 0 Å². The SMILES string of the molecule is CCc1ccc(CC2(CN)CCC(C)(C)CC2)s1. The zero-order chi connectivity index (χ0) is 13.2. The Kier molecular flexibility index (Phi) is 4.18. The van der Waals surface area contributed by atoms with E-state index >= 15 is 0 Å². The lowest BCUT2D eigenvalue weighted by atomic mass is 9.63. The highest BCUT2D eigenvalue weighted by Gasteiger charge is 2.37. The Labute approximate surface area is 116 Å². The highest BCUT2D eigenvalue weighted by molar-refractivity contribution is 7.11. The van der Waals surface area contributed by atoms with E-state index in [1.807, 2.05) is 11.3 Å². The third-order valence-corrected chi connectivity index (χ3v) is 5.94. The van der Waals surface area contributed by atoms with Gasteiger partial charge in [-0.2, -0.15) is 0 Å². The smallest absolute Gasteiger partial charge is 0.00541 e. The Bertz CT molecular complexity index is 382. The van der Waals surface area contributed by atoms with E-state index in [0.29, 0.717) is 10.8 Å². The van der Waals surface area contributed by atoms with Crippen molar-refractivity contribution in [3.05, 3.63) is 21.9 Å². The average molecular weight is 265 g/mol. The summed E-state index contributed by atoms with van der Waals surface area (Å²) in [6.45, 7) is 7.88. The summed E-state index contributed by atoms with van der Waals surface area (Å²) < 4.78 is 0. The molecule has 0 saturated heterocycles. The van der Waals surface area contributed by atoms with Crippen LogP contribution in [0.1, 0.15) is 56.2 Å². The number of nitrogens with two attached hydrogens (primary N) is 1. The predicted molar refractivity (Wildman–Crippen MR) is 81.1 cm³/mol. The van der Waals surface area contributed by atoms with Crippen molar-refractivity contribution in [2.24, 2.45) is 16.6 Å². The Morgan fingerprint density at radius 1 is 1.11 bits per heavy atom. The van der Waals surface area contributed by atoms with Crippen molar-refractivity contribution >= 4 is 11.3 Å². The topological polar surface area (TPSA) is 26.0 Å². The van der Waals surface area contributed by atoms with Gasteiger partial charge in [0.2, 0.25) is 0 Å². The molecule has 1 aromatic rings. The molecule has 1 aromatic heterocycles. The lowest BCUT2D eigenvalue weighted by Gasteiger charge is -2.43. The average Bonchev–Trinajstić information content (AvgIpc) is 2.80. The third kappa shape index (κ3) is 3.16. The Hall–Kier alpha value is -0.340. The largest absolute Gasteiger partial charge is 0.330 e. The van der Waals surface area contributed by atoms with Gasteiger partial charge in [0.15, 0.2) is 0 Å². The molecule has 2 N–H and O–H groups in total. The van der Waals surface area contributed by atoms with Crippen molar-refractivity contribution in [1.82, 2.24) is 0 Å². The molecule has 0 bridgehead atoms. The zero-order valence-electron chi connectivity index (χ0n) is 12.1. The van der Waals surface area contributed by atoms with Crippen LogP contribution >= 0.6 is 11.3 Å². The fourth-order valence-corrected chi connectivity index (χ4v) is 4.12. The summed E-state index contributed by atoms with van der Waals surface area (Å²) in [6.07, 6.45) is 7.62. The first-order chi connectivity index (χ1) is 8.49. The van der Waals surface area contributed by atoms with E-state index in [4.69, 9.17) is 5.73 Å². The molecule has 102 valence electrons. The summed E-state index contributed by atoms with van der Waals surface area (Å²) in [6, 6.07) is 4.61. The van der Waals surface area contributed by atoms with Gasteiger partial charge in [0.25, 0.3) is 0 Å². The van der Waals surface area contributed by atoms with Gasteiger partial charge < -0.3 is 5.73 Å². The summed E-state index contributed by atoms with van der Waals surface area (Å²) in [4.78, 5) is 3.05. The summed E-state index contributed by atoms with van der Waals surface area (Å²) in [7, 11) is 0. The molecule has 1 nitrogen and oxygen atoms in total. The van der Waals surface area contributed by atoms with Crippen LogP contribution in [0.3, 0.4) is 0 Å². The van der Waals surface area contributed by atoms with E-state index in [2.05, 4.69) is 32.9 Å². The quantitative estimate of drug-likeness (QED) is 0.858. The maximum absolute atomic E-state index is 6.12. The van der Waals surface area contributed by atoms with Crippen LogP contribution in [0.2, 0.25) is 0 Å². The van der Waals surface area contributed by atoms with Crippen LogP contribution in [0.15, 0.2) is 12.1 Å². The molecule has 0 radical (unpaired) electrons. The second kappa shape index (κ2) is 5.34. The van der Waals surface area contributed by atoms with Gasteiger partial charge in [0.05, 0.1) is 0 Å². The minimum absolute atomic E-state index is 0.380. The van der Waals surface area contributed by atoms with E-state index < -0.39 is 0 Å². The van der Waals surface area contributed by atoms with Crippen molar-refractivity contribution < 1.29 is 0 Å². The first kappa shape index (κ1) is 14.1. The molecular formula is C16H27NS. The molecule has 0 unspecified atom stereocenters. The second-order valence-corrected chi connectivity index (χ2v) is 8.02. The molecule has 1 saturated carbocycles. The molecule has 0 amide bonds. The number of hydrogen-bond acceptors (Lipinski definition) is 2. The third-order valence-electron chi connectivity index (χ3n) is 4.71. The molecule has 2 heteroatoms. The molecule has 1 fully saturated rings. The molecule has 0 aliphatic heterocycles. The molecule has 1 aliphatic carbocycles. The van der Waals surface area contributed by atoms with Gasteiger partial charge in [0.1, 0.15) is 0 Å². The fourth-order valence-electron chi connectivity index (χ4n) is 2.99. The van der Waals surface area contributed by atoms with Crippen molar-refractivity contribution in [2.45, 2.75) is 59.3 Å². The standard InChI is InChI=1S/C16H27NS/c1-4-13-5-6-14(18-13)11-16(12-17)9-7-15(2,3)8-10-16/h5-6H,4,7-12,17H2,1-3H3. The fraction of sp³-hybridized carbons (Fsp3) is 0.750. The van der Waals surface area contributed by atoms with Crippen LogP contribution in [0, 0.1) is 10.8 Å². The highest BCUT2D eigenvalue weighted by atomic mass is 32.1. The Balaban J connectivity index is 2.05. The Morgan fingerprint density at radius 2 is 1.72 bits per heavy atom. The predicted octanol–water partition coefficient (Wildman–Crippen LogP) is 4.40. The molecule has 2 rings (SSSR count). The molecule has 0 spiro atoms. The number of hydrogen-bond donors (Lipinski definition) is 1. The Morgan fingerprint density at radius 3 is 2.22 bits per heavy atom. The second-order valence-electron chi connectivity index (χ2n) is 6.77. The number of aryl methyl sites for hydroxylation is 1. The summed E-state index contributed by atoms with van der Waals surface area (Å²) in [5.41, 5.74) is 7.03. The first-order valence-corrected chi connectivity index (χ1v) is 8.08.